The molecule has 5 heteroatoms. The molecule has 0 bridgehead atoms. The van der Waals surface area contributed by atoms with Crippen molar-refractivity contribution in [2.75, 3.05) is 19.6 Å². The van der Waals surface area contributed by atoms with Gasteiger partial charge in [0.25, 0.3) is 0 Å². The lowest BCUT2D eigenvalue weighted by Gasteiger charge is -2.31. The molecule has 1 unspecified atom stereocenters. The molecule has 1 saturated heterocycles. The van der Waals surface area contributed by atoms with Crippen molar-refractivity contribution in [2.45, 2.75) is 58.0 Å². The predicted molar refractivity (Wildman–Crippen MR) is 77.4 cm³/mol. The maximum atomic E-state index is 5.42. The monoisotopic (exact) mass is 278 g/mol. The van der Waals surface area contributed by atoms with Crippen molar-refractivity contribution in [3.63, 3.8) is 0 Å². The predicted octanol–water partition coefficient (Wildman–Crippen LogP) is 2.16. The van der Waals surface area contributed by atoms with Crippen LogP contribution in [-0.2, 0) is 6.54 Å². The zero-order valence-corrected chi connectivity index (χ0v) is 12.6. The second-order valence-corrected chi connectivity index (χ2v) is 6.56. The molecular weight excluding hydrogens is 252 g/mol. The summed E-state index contributed by atoms with van der Waals surface area (Å²) in [5.74, 6) is 3.02. The summed E-state index contributed by atoms with van der Waals surface area (Å²) in [7, 11) is 0. The summed E-state index contributed by atoms with van der Waals surface area (Å²) in [6.07, 6.45) is 5.07. The highest BCUT2D eigenvalue weighted by Gasteiger charge is 2.29. The molecule has 1 aromatic rings. The Morgan fingerprint density at radius 1 is 1.35 bits per heavy atom. The third kappa shape index (κ3) is 3.58. The minimum absolute atomic E-state index is 0.508. The highest BCUT2D eigenvalue weighted by atomic mass is 16.5. The average Bonchev–Trinajstić information content (AvgIpc) is 3.19. The molecule has 20 heavy (non-hydrogen) atoms. The molecule has 1 atom stereocenters. The van der Waals surface area contributed by atoms with Crippen molar-refractivity contribution in [1.29, 1.82) is 0 Å². The summed E-state index contributed by atoms with van der Waals surface area (Å²) in [6.45, 7) is 8.70. The van der Waals surface area contributed by atoms with Gasteiger partial charge in [-0.2, -0.15) is 4.98 Å². The second kappa shape index (κ2) is 6.22. The minimum Gasteiger partial charge on any atom is -0.338 e. The van der Waals surface area contributed by atoms with E-state index in [1.54, 1.807) is 0 Å². The van der Waals surface area contributed by atoms with Gasteiger partial charge in [0.05, 0.1) is 6.54 Å². The lowest BCUT2D eigenvalue weighted by molar-refractivity contribution is 0.146. The van der Waals surface area contributed by atoms with Crippen LogP contribution < -0.4 is 5.32 Å². The highest BCUT2D eigenvalue weighted by molar-refractivity contribution is 5.03. The first kappa shape index (κ1) is 14.0. The van der Waals surface area contributed by atoms with Gasteiger partial charge in [0.15, 0.2) is 5.82 Å². The number of hydrogen-bond acceptors (Lipinski definition) is 5. The molecule has 1 aliphatic carbocycles. The van der Waals surface area contributed by atoms with Crippen molar-refractivity contribution in [1.82, 2.24) is 20.4 Å². The molecule has 0 radical (unpaired) electrons. The van der Waals surface area contributed by atoms with E-state index in [4.69, 9.17) is 4.52 Å². The fourth-order valence-corrected chi connectivity index (χ4v) is 2.88. The van der Waals surface area contributed by atoms with Crippen LogP contribution in [0.2, 0.25) is 0 Å². The number of nitrogens with zero attached hydrogens (tertiary/aromatic N) is 3. The van der Waals surface area contributed by atoms with Crippen LogP contribution in [0.4, 0.5) is 0 Å². The lowest BCUT2D eigenvalue weighted by atomic mass is 9.98. The molecule has 0 aromatic carbocycles. The summed E-state index contributed by atoms with van der Waals surface area (Å²) < 4.78 is 5.42. The summed E-state index contributed by atoms with van der Waals surface area (Å²) in [6, 6.07) is 0.508. The average molecular weight is 278 g/mol. The number of aromatic nitrogens is 2. The Balaban J connectivity index is 1.57. The van der Waals surface area contributed by atoms with Gasteiger partial charge >= 0.3 is 0 Å². The Hall–Kier alpha value is -0.940. The van der Waals surface area contributed by atoms with Crippen LogP contribution in [0.15, 0.2) is 4.52 Å². The molecular formula is C15H26N4O. The largest absolute Gasteiger partial charge is 0.338 e. The SMILES string of the molecule is CC(C)N(Cc1nc(C2CC2)no1)CC1CCCNC1. The number of nitrogens with one attached hydrogen (secondary N) is 1. The van der Waals surface area contributed by atoms with Crippen LogP contribution in [0.25, 0.3) is 0 Å². The maximum absolute atomic E-state index is 5.42. The number of rotatable bonds is 6. The normalized spacial score (nSPS) is 23.7. The molecule has 1 N–H and O–H groups in total. The Kier molecular flexibility index (Phi) is 4.36. The van der Waals surface area contributed by atoms with E-state index in [-0.39, 0.29) is 0 Å². The first-order valence-corrected chi connectivity index (χ1v) is 7.99. The topological polar surface area (TPSA) is 54.2 Å². The first-order chi connectivity index (χ1) is 9.72. The minimum atomic E-state index is 0.508. The molecule has 1 aromatic heterocycles. The van der Waals surface area contributed by atoms with E-state index >= 15 is 0 Å². The van der Waals surface area contributed by atoms with E-state index in [0.29, 0.717) is 12.0 Å². The first-order valence-electron chi connectivity index (χ1n) is 7.99. The highest BCUT2D eigenvalue weighted by Crippen LogP contribution is 2.38. The van der Waals surface area contributed by atoms with E-state index in [0.717, 1.165) is 37.3 Å². The molecule has 2 fully saturated rings. The van der Waals surface area contributed by atoms with E-state index in [1.165, 1.54) is 32.2 Å². The summed E-state index contributed by atoms with van der Waals surface area (Å²) in [5.41, 5.74) is 0. The van der Waals surface area contributed by atoms with Gasteiger partial charge in [-0.1, -0.05) is 5.16 Å². The van der Waals surface area contributed by atoms with Crippen LogP contribution >= 0.6 is 0 Å². The Morgan fingerprint density at radius 3 is 2.85 bits per heavy atom. The van der Waals surface area contributed by atoms with Gasteiger partial charge in [-0.25, -0.2) is 0 Å². The molecule has 5 nitrogen and oxygen atoms in total. The van der Waals surface area contributed by atoms with Gasteiger partial charge in [-0.3, -0.25) is 4.90 Å². The van der Waals surface area contributed by atoms with Crippen LogP contribution in [0.5, 0.6) is 0 Å². The van der Waals surface area contributed by atoms with Crippen molar-refractivity contribution in [2.24, 2.45) is 5.92 Å². The zero-order chi connectivity index (χ0) is 13.9. The van der Waals surface area contributed by atoms with E-state index in [2.05, 4.69) is 34.2 Å². The van der Waals surface area contributed by atoms with Crippen LogP contribution in [0.3, 0.4) is 0 Å². The maximum Gasteiger partial charge on any atom is 0.240 e. The Labute approximate surface area is 121 Å². The quantitative estimate of drug-likeness (QED) is 0.864. The lowest BCUT2D eigenvalue weighted by Crippen LogP contribution is -2.40. The van der Waals surface area contributed by atoms with Crippen LogP contribution in [0.1, 0.15) is 57.2 Å². The summed E-state index contributed by atoms with van der Waals surface area (Å²) in [5, 5.41) is 7.60. The second-order valence-electron chi connectivity index (χ2n) is 6.56. The Morgan fingerprint density at radius 2 is 2.20 bits per heavy atom. The molecule has 3 rings (SSSR count). The van der Waals surface area contributed by atoms with E-state index < -0.39 is 0 Å². The van der Waals surface area contributed by atoms with Crippen molar-refractivity contribution < 1.29 is 4.52 Å². The van der Waals surface area contributed by atoms with E-state index in [1.807, 2.05) is 0 Å². The van der Waals surface area contributed by atoms with Gasteiger partial charge in [0.2, 0.25) is 5.89 Å². The van der Waals surface area contributed by atoms with Crippen LogP contribution in [-0.4, -0.2) is 40.7 Å². The molecule has 2 heterocycles. The van der Waals surface area contributed by atoms with Crippen molar-refractivity contribution >= 4 is 0 Å². The van der Waals surface area contributed by atoms with Gasteiger partial charge < -0.3 is 9.84 Å². The summed E-state index contributed by atoms with van der Waals surface area (Å²) >= 11 is 0. The third-order valence-electron chi connectivity index (χ3n) is 4.39. The smallest absolute Gasteiger partial charge is 0.240 e. The van der Waals surface area contributed by atoms with Gasteiger partial charge in [0, 0.05) is 18.5 Å². The van der Waals surface area contributed by atoms with Crippen LogP contribution in [0, 0.1) is 5.92 Å². The van der Waals surface area contributed by atoms with Crippen molar-refractivity contribution in [3.8, 4) is 0 Å². The van der Waals surface area contributed by atoms with E-state index in [9.17, 15) is 0 Å². The number of piperidine rings is 1. The molecule has 0 spiro atoms. The van der Waals surface area contributed by atoms with Gasteiger partial charge in [-0.15, -0.1) is 0 Å². The van der Waals surface area contributed by atoms with Gasteiger partial charge in [-0.05, 0) is 58.5 Å². The molecule has 0 amide bonds. The standard InChI is InChI=1S/C15H26N4O/c1-11(2)19(9-12-4-3-7-16-8-12)10-14-17-15(18-20-14)13-5-6-13/h11-13,16H,3-10H2,1-2H3. The molecule has 1 saturated carbocycles. The third-order valence-corrected chi connectivity index (χ3v) is 4.39. The van der Waals surface area contributed by atoms with Gasteiger partial charge in [0.1, 0.15) is 0 Å². The zero-order valence-electron chi connectivity index (χ0n) is 12.6. The fourth-order valence-electron chi connectivity index (χ4n) is 2.88. The molecule has 112 valence electrons. The number of hydrogen-bond donors (Lipinski definition) is 1. The summed E-state index contributed by atoms with van der Waals surface area (Å²) in [4.78, 5) is 7.01. The fraction of sp³-hybridized carbons (Fsp3) is 0.867. The molecule has 2 aliphatic rings. The Bertz CT molecular complexity index is 421. The van der Waals surface area contributed by atoms with Crippen molar-refractivity contribution in [3.05, 3.63) is 11.7 Å². The molecule has 1 aliphatic heterocycles.